The van der Waals surface area contributed by atoms with Crippen LogP contribution in [-0.4, -0.2) is 10.9 Å². The average Bonchev–Trinajstić information content (AvgIpc) is 2.61. The zero-order valence-electron chi connectivity index (χ0n) is 13.7. The van der Waals surface area contributed by atoms with E-state index < -0.39 is 0 Å². The van der Waals surface area contributed by atoms with E-state index in [1.807, 2.05) is 12.1 Å². The van der Waals surface area contributed by atoms with Gasteiger partial charge in [-0.1, -0.05) is 67.7 Å². The molecule has 3 nitrogen and oxygen atoms in total. The SMILES string of the molecule is ON=C1C2CCCC1C(c1cccc(Br)c1)NC2c1cccc(Br)c1. The highest BCUT2D eigenvalue weighted by Gasteiger charge is 2.45. The Morgan fingerprint density at radius 3 is 1.84 bits per heavy atom. The summed E-state index contributed by atoms with van der Waals surface area (Å²) in [4.78, 5) is 0. The lowest BCUT2D eigenvalue weighted by Gasteiger charge is -2.47. The van der Waals surface area contributed by atoms with Crippen LogP contribution in [0.5, 0.6) is 0 Å². The summed E-state index contributed by atoms with van der Waals surface area (Å²) < 4.78 is 2.15. The van der Waals surface area contributed by atoms with Crippen molar-refractivity contribution < 1.29 is 5.21 Å². The van der Waals surface area contributed by atoms with Gasteiger partial charge in [0.25, 0.3) is 0 Å². The molecule has 0 amide bonds. The molecule has 4 unspecified atom stereocenters. The van der Waals surface area contributed by atoms with Crippen LogP contribution in [0.4, 0.5) is 0 Å². The molecule has 4 atom stereocenters. The van der Waals surface area contributed by atoms with Crippen LogP contribution in [0, 0.1) is 11.8 Å². The molecular formula is C20H20Br2N2O. The first kappa shape index (κ1) is 17.3. The van der Waals surface area contributed by atoms with E-state index in [0.29, 0.717) is 0 Å². The molecule has 1 aliphatic heterocycles. The van der Waals surface area contributed by atoms with E-state index >= 15 is 0 Å². The second-order valence-electron chi connectivity index (χ2n) is 6.90. The summed E-state index contributed by atoms with van der Waals surface area (Å²) in [6.45, 7) is 0. The zero-order chi connectivity index (χ0) is 17.4. The van der Waals surface area contributed by atoms with E-state index in [1.54, 1.807) is 0 Å². The minimum Gasteiger partial charge on any atom is -0.411 e. The standard InChI is InChI=1S/C20H20Br2N2O/c21-14-6-1-4-12(10-14)18-16-8-3-9-17(20(16)24-25)19(23-18)13-5-2-7-15(22)11-13/h1-2,4-7,10-11,16-19,23,25H,3,8-9H2. The second-order valence-corrected chi connectivity index (χ2v) is 8.73. The van der Waals surface area contributed by atoms with Gasteiger partial charge >= 0.3 is 0 Å². The summed E-state index contributed by atoms with van der Waals surface area (Å²) >= 11 is 7.17. The number of halogens is 2. The number of rotatable bonds is 2. The third kappa shape index (κ3) is 3.29. The lowest BCUT2D eigenvalue weighted by atomic mass is 9.67. The van der Waals surface area contributed by atoms with Gasteiger partial charge in [-0.2, -0.15) is 0 Å². The van der Waals surface area contributed by atoms with Crippen molar-refractivity contribution >= 4 is 37.6 Å². The van der Waals surface area contributed by atoms with Gasteiger partial charge in [0.1, 0.15) is 0 Å². The molecule has 5 heteroatoms. The third-order valence-corrected chi connectivity index (χ3v) is 6.47. The van der Waals surface area contributed by atoms with Crippen molar-refractivity contribution in [3.63, 3.8) is 0 Å². The van der Waals surface area contributed by atoms with Crippen LogP contribution in [0.3, 0.4) is 0 Å². The van der Waals surface area contributed by atoms with Gasteiger partial charge in [-0.25, -0.2) is 0 Å². The van der Waals surface area contributed by atoms with Crippen LogP contribution in [0.2, 0.25) is 0 Å². The summed E-state index contributed by atoms with van der Waals surface area (Å²) in [6, 6.07) is 17.2. The van der Waals surface area contributed by atoms with Crippen molar-refractivity contribution in [1.29, 1.82) is 0 Å². The molecule has 1 heterocycles. The van der Waals surface area contributed by atoms with Gasteiger partial charge in [0, 0.05) is 32.9 Å². The van der Waals surface area contributed by atoms with Crippen LogP contribution < -0.4 is 5.32 Å². The molecule has 0 radical (unpaired) electrons. The lowest BCUT2D eigenvalue weighted by molar-refractivity contribution is 0.214. The van der Waals surface area contributed by atoms with Gasteiger partial charge in [0.2, 0.25) is 0 Å². The summed E-state index contributed by atoms with van der Waals surface area (Å²) in [5.41, 5.74) is 3.43. The third-order valence-electron chi connectivity index (χ3n) is 5.48. The van der Waals surface area contributed by atoms with Crippen molar-refractivity contribution in [3.05, 3.63) is 68.6 Å². The van der Waals surface area contributed by atoms with E-state index in [-0.39, 0.29) is 23.9 Å². The predicted molar refractivity (Wildman–Crippen MR) is 107 cm³/mol. The molecule has 4 rings (SSSR count). The smallest absolute Gasteiger partial charge is 0.0670 e. The highest BCUT2D eigenvalue weighted by molar-refractivity contribution is 9.10. The molecular weight excluding hydrogens is 444 g/mol. The largest absolute Gasteiger partial charge is 0.411 e. The fourth-order valence-electron chi connectivity index (χ4n) is 4.43. The molecule has 2 aromatic rings. The Labute approximate surface area is 164 Å². The zero-order valence-corrected chi connectivity index (χ0v) is 16.9. The Morgan fingerprint density at radius 1 is 0.880 bits per heavy atom. The number of hydrogen-bond acceptors (Lipinski definition) is 3. The normalized spacial score (nSPS) is 28.6. The van der Waals surface area contributed by atoms with Crippen LogP contribution in [0.25, 0.3) is 0 Å². The van der Waals surface area contributed by atoms with E-state index in [2.05, 4.69) is 78.7 Å². The molecule has 2 N–H and O–H groups in total. The molecule has 1 saturated heterocycles. The molecule has 0 spiro atoms. The van der Waals surface area contributed by atoms with Crippen LogP contribution in [0.15, 0.2) is 62.6 Å². The van der Waals surface area contributed by atoms with Gasteiger partial charge in [0.05, 0.1) is 5.71 Å². The molecule has 25 heavy (non-hydrogen) atoms. The van der Waals surface area contributed by atoms with Crippen LogP contribution >= 0.6 is 31.9 Å². The van der Waals surface area contributed by atoms with Crippen molar-refractivity contribution in [2.45, 2.75) is 31.3 Å². The maximum atomic E-state index is 9.78. The van der Waals surface area contributed by atoms with E-state index in [0.717, 1.165) is 27.5 Å². The molecule has 1 aliphatic carbocycles. The molecule has 1 saturated carbocycles. The number of oxime groups is 1. The molecule has 130 valence electrons. The van der Waals surface area contributed by atoms with Crippen molar-refractivity contribution in [1.82, 2.24) is 5.32 Å². The van der Waals surface area contributed by atoms with Gasteiger partial charge < -0.3 is 10.5 Å². The minimum absolute atomic E-state index is 0.156. The topological polar surface area (TPSA) is 44.6 Å². The molecule has 2 aliphatic rings. The van der Waals surface area contributed by atoms with Crippen LogP contribution in [0.1, 0.15) is 42.5 Å². The van der Waals surface area contributed by atoms with Crippen LogP contribution in [-0.2, 0) is 0 Å². The maximum absolute atomic E-state index is 9.78. The first-order chi connectivity index (χ1) is 12.2. The van der Waals surface area contributed by atoms with E-state index in [9.17, 15) is 5.21 Å². The number of fused-ring (bicyclic) bond motifs is 2. The number of nitrogens with one attached hydrogen (secondary N) is 1. The summed E-state index contributed by atoms with van der Waals surface area (Å²) in [5, 5.41) is 17.4. The number of benzene rings is 2. The maximum Gasteiger partial charge on any atom is 0.0670 e. The lowest BCUT2D eigenvalue weighted by Crippen LogP contribution is -2.50. The summed E-state index contributed by atoms with van der Waals surface area (Å²) in [7, 11) is 0. The first-order valence-corrected chi connectivity index (χ1v) is 10.2. The fraction of sp³-hybridized carbons (Fsp3) is 0.350. The minimum atomic E-state index is 0.156. The Morgan fingerprint density at radius 2 is 1.40 bits per heavy atom. The average molecular weight is 464 g/mol. The van der Waals surface area contributed by atoms with Gasteiger partial charge in [-0.3, -0.25) is 0 Å². The fourth-order valence-corrected chi connectivity index (χ4v) is 5.27. The number of nitrogens with zero attached hydrogens (tertiary/aromatic N) is 1. The number of hydrogen-bond donors (Lipinski definition) is 2. The van der Waals surface area contributed by atoms with Gasteiger partial charge in [0.15, 0.2) is 0 Å². The quantitative estimate of drug-likeness (QED) is 0.433. The van der Waals surface area contributed by atoms with E-state index in [4.69, 9.17) is 0 Å². The highest BCUT2D eigenvalue weighted by Crippen LogP contribution is 2.46. The van der Waals surface area contributed by atoms with Crippen molar-refractivity contribution in [2.24, 2.45) is 17.0 Å². The summed E-state index contributed by atoms with van der Waals surface area (Å²) in [6.07, 6.45) is 3.29. The summed E-state index contributed by atoms with van der Waals surface area (Å²) in [5.74, 6) is 0.503. The Hall–Kier alpha value is -1.17. The van der Waals surface area contributed by atoms with Gasteiger partial charge in [-0.05, 0) is 48.2 Å². The first-order valence-electron chi connectivity index (χ1n) is 8.66. The molecule has 2 bridgehead atoms. The molecule has 2 aromatic carbocycles. The Kier molecular flexibility index (Phi) is 4.98. The monoisotopic (exact) mass is 462 g/mol. The Bertz CT molecular complexity index is 746. The highest BCUT2D eigenvalue weighted by atomic mass is 79.9. The van der Waals surface area contributed by atoms with E-state index in [1.165, 1.54) is 17.5 Å². The number of piperidine rings is 1. The van der Waals surface area contributed by atoms with Gasteiger partial charge in [-0.15, -0.1) is 0 Å². The van der Waals surface area contributed by atoms with Crippen molar-refractivity contribution in [3.8, 4) is 0 Å². The molecule has 0 aromatic heterocycles. The second kappa shape index (κ2) is 7.22. The van der Waals surface area contributed by atoms with Crippen molar-refractivity contribution in [2.75, 3.05) is 0 Å². The molecule has 2 fully saturated rings. The predicted octanol–water partition coefficient (Wildman–Crippen LogP) is 5.84. The Balaban J connectivity index is 1.78.